The standard InChI is InChI=1S/C14H17N5O2S/c1-8-6-17-14(22(3,15)21)18-11(8)10-7-19(2)13(20)12-9(10)4-5-16-12/h4-7,13,15-16,20H,1-3H3. The van der Waals surface area contributed by atoms with Crippen LogP contribution in [-0.2, 0) is 9.73 Å². The summed E-state index contributed by atoms with van der Waals surface area (Å²) in [5, 5.41) is 10.2. The van der Waals surface area contributed by atoms with Gasteiger partial charge in [0.05, 0.1) is 11.4 Å². The molecule has 22 heavy (non-hydrogen) atoms. The van der Waals surface area contributed by atoms with Gasteiger partial charge in [0.15, 0.2) is 6.23 Å². The van der Waals surface area contributed by atoms with Crippen molar-refractivity contribution in [2.24, 2.45) is 0 Å². The van der Waals surface area contributed by atoms with Gasteiger partial charge in [-0.05, 0) is 18.6 Å². The lowest BCUT2D eigenvalue weighted by Gasteiger charge is -2.28. The quantitative estimate of drug-likeness (QED) is 0.727. The van der Waals surface area contributed by atoms with E-state index in [4.69, 9.17) is 4.78 Å². The third kappa shape index (κ3) is 2.30. The second kappa shape index (κ2) is 4.92. The Morgan fingerprint density at radius 1 is 1.50 bits per heavy atom. The number of aromatic nitrogens is 3. The molecule has 1 aliphatic rings. The predicted octanol–water partition coefficient (Wildman–Crippen LogP) is 1.47. The predicted molar refractivity (Wildman–Crippen MR) is 82.4 cm³/mol. The summed E-state index contributed by atoms with van der Waals surface area (Å²) in [6.45, 7) is 1.86. The van der Waals surface area contributed by atoms with Crippen LogP contribution in [0.25, 0.3) is 5.57 Å². The number of H-pyrrole nitrogens is 1. The minimum absolute atomic E-state index is 0.0138. The molecule has 0 fully saturated rings. The van der Waals surface area contributed by atoms with Crippen LogP contribution in [0, 0.1) is 11.7 Å². The first-order chi connectivity index (χ1) is 10.3. The Balaban J connectivity index is 2.22. The molecule has 0 saturated heterocycles. The van der Waals surface area contributed by atoms with Gasteiger partial charge in [-0.25, -0.2) is 19.0 Å². The Morgan fingerprint density at radius 2 is 2.23 bits per heavy atom. The molecule has 3 rings (SSSR count). The molecule has 0 bridgehead atoms. The molecular weight excluding hydrogens is 302 g/mol. The fraction of sp³-hybridized carbons (Fsp3) is 0.286. The fourth-order valence-corrected chi connectivity index (χ4v) is 2.97. The first kappa shape index (κ1) is 14.7. The van der Waals surface area contributed by atoms with E-state index in [2.05, 4.69) is 15.0 Å². The summed E-state index contributed by atoms with van der Waals surface area (Å²) in [6.07, 6.45) is 5.68. The molecule has 116 valence electrons. The van der Waals surface area contributed by atoms with Gasteiger partial charge in [-0.1, -0.05) is 0 Å². The molecule has 1 aliphatic heterocycles. The van der Waals surface area contributed by atoms with E-state index in [1.807, 2.05) is 13.0 Å². The molecule has 0 aliphatic carbocycles. The van der Waals surface area contributed by atoms with Crippen molar-refractivity contribution in [1.29, 1.82) is 4.78 Å². The van der Waals surface area contributed by atoms with Crippen LogP contribution >= 0.6 is 0 Å². The van der Waals surface area contributed by atoms with Gasteiger partial charge in [-0.2, -0.15) is 0 Å². The van der Waals surface area contributed by atoms with Crippen LogP contribution in [0.4, 0.5) is 0 Å². The molecule has 0 amide bonds. The first-order valence-electron chi connectivity index (χ1n) is 6.66. The molecule has 0 aromatic carbocycles. The van der Waals surface area contributed by atoms with E-state index >= 15 is 0 Å². The maximum atomic E-state index is 11.9. The number of aromatic amines is 1. The lowest BCUT2D eigenvalue weighted by Crippen LogP contribution is -2.24. The zero-order valence-corrected chi connectivity index (χ0v) is 13.3. The first-order valence-corrected chi connectivity index (χ1v) is 8.63. The summed E-state index contributed by atoms with van der Waals surface area (Å²) in [5.74, 6) is 0. The number of rotatable bonds is 2. The van der Waals surface area contributed by atoms with Gasteiger partial charge < -0.3 is 15.0 Å². The van der Waals surface area contributed by atoms with Crippen LogP contribution in [0.5, 0.6) is 0 Å². The van der Waals surface area contributed by atoms with Crippen molar-refractivity contribution in [3.8, 4) is 0 Å². The van der Waals surface area contributed by atoms with Crippen molar-refractivity contribution in [2.75, 3.05) is 13.3 Å². The molecule has 0 saturated carbocycles. The largest absolute Gasteiger partial charge is 0.368 e. The highest BCUT2D eigenvalue weighted by molar-refractivity contribution is 7.91. The number of nitrogens with one attached hydrogen (secondary N) is 2. The van der Waals surface area contributed by atoms with Crippen LogP contribution in [0.2, 0.25) is 0 Å². The molecule has 2 atom stereocenters. The molecule has 0 spiro atoms. The third-order valence-corrected chi connectivity index (χ3v) is 4.49. The summed E-state index contributed by atoms with van der Waals surface area (Å²) < 4.78 is 19.6. The van der Waals surface area contributed by atoms with Crippen LogP contribution < -0.4 is 0 Å². The number of fused-ring (bicyclic) bond motifs is 1. The Kier molecular flexibility index (Phi) is 3.30. The smallest absolute Gasteiger partial charge is 0.227 e. The van der Waals surface area contributed by atoms with Gasteiger partial charge in [0.2, 0.25) is 5.16 Å². The highest BCUT2D eigenvalue weighted by Crippen LogP contribution is 2.35. The zero-order chi connectivity index (χ0) is 16.1. The second-order valence-corrected chi connectivity index (χ2v) is 7.47. The summed E-state index contributed by atoms with van der Waals surface area (Å²) in [7, 11) is -1.23. The number of aliphatic hydroxyl groups is 1. The average Bonchev–Trinajstić information content (AvgIpc) is 2.92. The van der Waals surface area contributed by atoms with Gasteiger partial charge in [-0.15, -0.1) is 0 Å². The fourth-order valence-electron chi connectivity index (χ4n) is 2.45. The van der Waals surface area contributed by atoms with Gasteiger partial charge in [-0.3, -0.25) is 0 Å². The monoisotopic (exact) mass is 319 g/mol. The average molecular weight is 319 g/mol. The Hall–Kier alpha value is -2.19. The SMILES string of the molecule is Cc1cnc(S(C)(=N)=O)nc1C1=CN(C)C(O)c2[nH]ccc21. The van der Waals surface area contributed by atoms with Crippen LogP contribution in [0.1, 0.15) is 28.7 Å². The van der Waals surface area contributed by atoms with E-state index in [0.717, 1.165) is 16.7 Å². The van der Waals surface area contributed by atoms with Crippen LogP contribution in [0.15, 0.2) is 29.8 Å². The van der Waals surface area contributed by atoms with Crippen LogP contribution in [-0.4, -0.2) is 42.5 Å². The van der Waals surface area contributed by atoms with Crippen molar-refractivity contribution < 1.29 is 9.32 Å². The normalized spacial score (nSPS) is 20.3. The Morgan fingerprint density at radius 3 is 2.91 bits per heavy atom. The van der Waals surface area contributed by atoms with E-state index < -0.39 is 16.0 Å². The second-order valence-electron chi connectivity index (χ2n) is 5.41. The molecule has 0 radical (unpaired) electrons. The lowest BCUT2D eigenvalue weighted by atomic mass is 9.97. The van der Waals surface area contributed by atoms with E-state index in [1.165, 1.54) is 6.26 Å². The number of aryl methyl sites for hydroxylation is 1. The highest BCUT2D eigenvalue weighted by Gasteiger charge is 2.27. The molecule has 3 N–H and O–H groups in total. The van der Waals surface area contributed by atoms with Gasteiger partial charge in [0.25, 0.3) is 0 Å². The van der Waals surface area contributed by atoms with Gasteiger partial charge in [0.1, 0.15) is 9.73 Å². The lowest BCUT2D eigenvalue weighted by molar-refractivity contribution is 0.0487. The number of nitrogens with zero attached hydrogens (tertiary/aromatic N) is 3. The zero-order valence-electron chi connectivity index (χ0n) is 12.5. The summed E-state index contributed by atoms with van der Waals surface area (Å²) in [5.41, 5.74) is 3.75. The molecule has 2 aromatic rings. The van der Waals surface area contributed by atoms with Crippen molar-refractivity contribution in [3.05, 3.63) is 47.2 Å². The maximum absolute atomic E-state index is 11.9. The maximum Gasteiger partial charge on any atom is 0.227 e. The molecular formula is C14H17N5O2S. The number of hydrogen-bond donors (Lipinski definition) is 3. The summed E-state index contributed by atoms with van der Waals surface area (Å²) >= 11 is 0. The highest BCUT2D eigenvalue weighted by atomic mass is 32.2. The van der Waals surface area contributed by atoms with Crippen molar-refractivity contribution in [1.82, 2.24) is 19.9 Å². The number of hydrogen-bond acceptors (Lipinski definition) is 6. The van der Waals surface area contributed by atoms with E-state index in [0.29, 0.717) is 11.4 Å². The van der Waals surface area contributed by atoms with Crippen LogP contribution in [0.3, 0.4) is 0 Å². The minimum Gasteiger partial charge on any atom is -0.368 e. The topological polar surface area (TPSA) is 106 Å². The van der Waals surface area contributed by atoms with E-state index in [9.17, 15) is 9.32 Å². The molecule has 8 heteroatoms. The van der Waals surface area contributed by atoms with E-state index in [-0.39, 0.29) is 5.16 Å². The Bertz CT molecular complexity index is 869. The van der Waals surface area contributed by atoms with E-state index in [1.54, 1.807) is 30.5 Å². The van der Waals surface area contributed by atoms with Crippen molar-refractivity contribution >= 4 is 15.3 Å². The minimum atomic E-state index is -2.99. The summed E-state index contributed by atoms with van der Waals surface area (Å²) in [4.78, 5) is 13.0. The van der Waals surface area contributed by atoms with Crippen molar-refractivity contribution in [3.63, 3.8) is 0 Å². The number of aliphatic hydroxyl groups excluding tert-OH is 1. The third-order valence-electron chi connectivity index (χ3n) is 3.60. The Labute approximate surface area is 128 Å². The molecule has 2 aromatic heterocycles. The summed E-state index contributed by atoms with van der Waals surface area (Å²) in [6, 6.07) is 1.86. The van der Waals surface area contributed by atoms with Crippen molar-refractivity contribution in [2.45, 2.75) is 18.3 Å². The van der Waals surface area contributed by atoms with Gasteiger partial charge in [0, 0.05) is 43.0 Å². The molecule has 2 unspecified atom stereocenters. The molecule has 3 heterocycles. The van der Waals surface area contributed by atoms with Gasteiger partial charge >= 0.3 is 0 Å². The molecule has 7 nitrogen and oxygen atoms in total.